The van der Waals surface area contributed by atoms with E-state index in [1.807, 2.05) is 24.6 Å². The van der Waals surface area contributed by atoms with Crippen molar-refractivity contribution in [1.82, 2.24) is 15.1 Å². The summed E-state index contributed by atoms with van der Waals surface area (Å²) in [6, 6.07) is 1.61. The molecule has 0 aliphatic carbocycles. The minimum atomic E-state index is -0.436. The third kappa shape index (κ3) is 3.66. The normalized spacial score (nSPS) is 12.5. The molecule has 3 N–H and O–H groups in total. The van der Waals surface area contributed by atoms with E-state index in [2.05, 4.69) is 10.4 Å². The number of nitrogens with two attached hydrogens (primary N) is 1. The molecule has 0 aliphatic heterocycles. The van der Waals surface area contributed by atoms with Gasteiger partial charge in [0.25, 0.3) is 0 Å². The van der Waals surface area contributed by atoms with E-state index in [1.165, 1.54) is 0 Å². The summed E-state index contributed by atoms with van der Waals surface area (Å²) >= 11 is 0. The summed E-state index contributed by atoms with van der Waals surface area (Å²) in [5, 5.41) is 7.11. The first-order valence-corrected chi connectivity index (χ1v) is 5.55. The lowest BCUT2D eigenvalue weighted by Crippen LogP contribution is -2.38. The summed E-state index contributed by atoms with van der Waals surface area (Å²) in [6.07, 6.45) is 0.862. The van der Waals surface area contributed by atoms with Crippen LogP contribution in [0, 0.1) is 13.8 Å². The number of amides is 1. The van der Waals surface area contributed by atoms with Gasteiger partial charge >= 0.3 is 0 Å². The number of hydrogen-bond donors (Lipinski definition) is 2. The molecule has 16 heavy (non-hydrogen) atoms. The lowest BCUT2D eigenvalue weighted by Gasteiger charge is -2.08. The van der Waals surface area contributed by atoms with Crippen molar-refractivity contribution in [3.05, 3.63) is 17.5 Å². The molecular formula is C11H20N4O. The van der Waals surface area contributed by atoms with E-state index in [1.54, 1.807) is 6.92 Å². The van der Waals surface area contributed by atoms with E-state index in [0.717, 1.165) is 24.4 Å². The van der Waals surface area contributed by atoms with Gasteiger partial charge in [-0.3, -0.25) is 9.48 Å². The van der Waals surface area contributed by atoms with Crippen LogP contribution < -0.4 is 11.1 Å². The van der Waals surface area contributed by atoms with Gasteiger partial charge in [-0.15, -0.1) is 0 Å². The van der Waals surface area contributed by atoms with E-state index in [4.69, 9.17) is 5.73 Å². The molecule has 0 saturated heterocycles. The molecule has 5 heteroatoms. The number of aromatic nitrogens is 2. The van der Waals surface area contributed by atoms with Gasteiger partial charge in [0.05, 0.1) is 11.7 Å². The average Bonchev–Trinajstić information content (AvgIpc) is 2.51. The largest absolute Gasteiger partial charge is 0.355 e. The van der Waals surface area contributed by atoms with Crippen LogP contribution in [0.1, 0.15) is 24.7 Å². The molecule has 0 radical (unpaired) electrons. The smallest absolute Gasteiger partial charge is 0.236 e. The fourth-order valence-electron chi connectivity index (χ4n) is 1.50. The van der Waals surface area contributed by atoms with Gasteiger partial charge in [0.15, 0.2) is 0 Å². The molecule has 0 aliphatic rings. The Balaban J connectivity index is 2.26. The minimum absolute atomic E-state index is 0.103. The van der Waals surface area contributed by atoms with Crippen molar-refractivity contribution in [2.24, 2.45) is 5.73 Å². The second-order valence-corrected chi connectivity index (χ2v) is 4.08. The lowest BCUT2D eigenvalue weighted by atomic mass is 10.3. The van der Waals surface area contributed by atoms with Crippen LogP contribution >= 0.6 is 0 Å². The van der Waals surface area contributed by atoms with Crippen molar-refractivity contribution in [2.45, 2.75) is 39.8 Å². The molecule has 5 nitrogen and oxygen atoms in total. The van der Waals surface area contributed by atoms with E-state index < -0.39 is 6.04 Å². The first kappa shape index (κ1) is 12.7. The molecule has 0 aromatic carbocycles. The molecular weight excluding hydrogens is 204 g/mol. The third-order valence-electron chi connectivity index (χ3n) is 2.36. The Morgan fingerprint density at radius 1 is 1.62 bits per heavy atom. The maximum atomic E-state index is 11.2. The van der Waals surface area contributed by atoms with Crippen LogP contribution in [0.2, 0.25) is 0 Å². The second kappa shape index (κ2) is 5.65. The zero-order chi connectivity index (χ0) is 12.1. The summed E-state index contributed by atoms with van der Waals surface area (Å²) in [6.45, 7) is 7.13. The van der Waals surface area contributed by atoms with Gasteiger partial charge in [0.1, 0.15) is 0 Å². The second-order valence-electron chi connectivity index (χ2n) is 4.08. The Labute approximate surface area is 96.0 Å². The van der Waals surface area contributed by atoms with Crippen molar-refractivity contribution in [1.29, 1.82) is 0 Å². The molecule has 0 bridgehead atoms. The van der Waals surface area contributed by atoms with Crippen LogP contribution in [0.25, 0.3) is 0 Å². The maximum absolute atomic E-state index is 11.2. The number of nitrogens with one attached hydrogen (secondary N) is 1. The fourth-order valence-corrected chi connectivity index (χ4v) is 1.50. The number of carbonyl (C=O) groups excluding carboxylic acids is 1. The standard InChI is InChI=1S/C11H20N4O/c1-8-7-9(2)15(14-8)6-4-5-13-11(16)10(3)12/h7,10H,4-6,12H2,1-3H3,(H,13,16). The molecule has 1 amide bonds. The van der Waals surface area contributed by atoms with Gasteiger partial charge in [-0.2, -0.15) is 5.10 Å². The molecule has 0 fully saturated rings. The number of hydrogen-bond acceptors (Lipinski definition) is 3. The van der Waals surface area contributed by atoms with Crippen LogP contribution in [0.4, 0.5) is 0 Å². The molecule has 1 atom stereocenters. The van der Waals surface area contributed by atoms with Crippen LogP contribution in [0.5, 0.6) is 0 Å². The average molecular weight is 224 g/mol. The van der Waals surface area contributed by atoms with Gasteiger partial charge in [0.2, 0.25) is 5.91 Å². The Hall–Kier alpha value is -1.36. The van der Waals surface area contributed by atoms with Gasteiger partial charge in [-0.05, 0) is 33.3 Å². The quantitative estimate of drug-likeness (QED) is 0.709. The summed E-state index contributed by atoms with van der Waals surface area (Å²) < 4.78 is 1.95. The predicted octanol–water partition coefficient (Wildman–Crippen LogP) is 0.353. The molecule has 0 spiro atoms. The van der Waals surface area contributed by atoms with Crippen molar-refractivity contribution < 1.29 is 4.79 Å². The van der Waals surface area contributed by atoms with Crippen molar-refractivity contribution in [2.75, 3.05) is 6.54 Å². The Morgan fingerprint density at radius 2 is 2.31 bits per heavy atom. The molecule has 0 saturated carbocycles. The molecule has 1 heterocycles. The monoisotopic (exact) mass is 224 g/mol. The van der Waals surface area contributed by atoms with Gasteiger partial charge in [0, 0.05) is 18.8 Å². The maximum Gasteiger partial charge on any atom is 0.236 e. The van der Waals surface area contributed by atoms with Gasteiger partial charge < -0.3 is 11.1 Å². The highest BCUT2D eigenvalue weighted by Crippen LogP contribution is 2.02. The van der Waals surface area contributed by atoms with Crippen LogP contribution in [0.3, 0.4) is 0 Å². The summed E-state index contributed by atoms with van der Waals surface area (Å²) in [5.74, 6) is -0.103. The highest BCUT2D eigenvalue weighted by atomic mass is 16.2. The number of rotatable bonds is 5. The molecule has 1 unspecified atom stereocenters. The number of aryl methyl sites for hydroxylation is 3. The first-order chi connectivity index (χ1) is 7.50. The van der Waals surface area contributed by atoms with Crippen LogP contribution in [-0.2, 0) is 11.3 Å². The predicted molar refractivity (Wildman–Crippen MR) is 63.0 cm³/mol. The first-order valence-electron chi connectivity index (χ1n) is 5.55. The zero-order valence-electron chi connectivity index (χ0n) is 10.2. The zero-order valence-corrected chi connectivity index (χ0v) is 10.2. The Morgan fingerprint density at radius 3 is 2.81 bits per heavy atom. The summed E-state index contributed by atoms with van der Waals surface area (Å²) in [4.78, 5) is 11.2. The van der Waals surface area contributed by atoms with E-state index >= 15 is 0 Å². The molecule has 90 valence electrons. The molecule has 1 rings (SSSR count). The highest BCUT2D eigenvalue weighted by molar-refractivity contribution is 5.80. The van der Waals surface area contributed by atoms with Gasteiger partial charge in [-0.25, -0.2) is 0 Å². The summed E-state index contributed by atoms with van der Waals surface area (Å²) in [7, 11) is 0. The SMILES string of the molecule is Cc1cc(C)n(CCCNC(=O)C(C)N)n1. The number of nitrogens with zero attached hydrogens (tertiary/aromatic N) is 2. The van der Waals surface area contributed by atoms with E-state index in [-0.39, 0.29) is 5.91 Å². The topological polar surface area (TPSA) is 72.9 Å². The van der Waals surface area contributed by atoms with Crippen molar-refractivity contribution >= 4 is 5.91 Å². The Bertz CT molecular complexity index is 357. The molecule has 1 aromatic heterocycles. The van der Waals surface area contributed by atoms with Crippen LogP contribution in [0.15, 0.2) is 6.07 Å². The Kier molecular flexibility index (Phi) is 4.49. The highest BCUT2D eigenvalue weighted by Gasteiger charge is 2.05. The van der Waals surface area contributed by atoms with Crippen LogP contribution in [-0.4, -0.2) is 28.3 Å². The van der Waals surface area contributed by atoms with Crippen molar-refractivity contribution in [3.63, 3.8) is 0 Å². The summed E-state index contributed by atoms with van der Waals surface area (Å²) in [5.41, 5.74) is 7.60. The van der Waals surface area contributed by atoms with E-state index in [9.17, 15) is 4.79 Å². The van der Waals surface area contributed by atoms with Crippen molar-refractivity contribution in [3.8, 4) is 0 Å². The molecule has 1 aromatic rings. The fraction of sp³-hybridized carbons (Fsp3) is 0.636. The number of carbonyl (C=O) groups is 1. The van der Waals surface area contributed by atoms with E-state index in [0.29, 0.717) is 6.54 Å². The minimum Gasteiger partial charge on any atom is -0.355 e. The third-order valence-corrected chi connectivity index (χ3v) is 2.36. The lowest BCUT2D eigenvalue weighted by molar-refractivity contribution is -0.121. The van der Waals surface area contributed by atoms with Gasteiger partial charge in [-0.1, -0.05) is 0 Å².